The Labute approximate surface area is 134 Å². The number of rotatable bonds is 6. The topological polar surface area (TPSA) is 70.9 Å². The van der Waals surface area contributed by atoms with Crippen LogP contribution in [0.4, 0.5) is 0 Å². The first-order chi connectivity index (χ1) is 11.2. The van der Waals surface area contributed by atoms with Crippen LogP contribution in [0, 0.1) is 0 Å². The molecule has 1 aromatic carbocycles. The van der Waals surface area contributed by atoms with E-state index in [2.05, 4.69) is 15.5 Å². The first kappa shape index (κ1) is 15.1. The van der Waals surface area contributed by atoms with E-state index in [1.54, 1.807) is 12.5 Å². The van der Waals surface area contributed by atoms with Gasteiger partial charge in [0.25, 0.3) is 5.91 Å². The normalized spacial score (nSPS) is 12.0. The van der Waals surface area contributed by atoms with Crippen molar-refractivity contribution in [3.05, 3.63) is 66.2 Å². The van der Waals surface area contributed by atoms with E-state index < -0.39 is 0 Å². The molecule has 23 heavy (non-hydrogen) atoms. The fraction of sp³-hybridized carbons (Fsp3) is 0.222. The number of aryl methyl sites for hydroxylation is 1. The lowest BCUT2D eigenvalue weighted by Crippen LogP contribution is -2.33. The van der Waals surface area contributed by atoms with E-state index in [9.17, 15) is 4.79 Å². The van der Waals surface area contributed by atoms with Crippen molar-refractivity contribution in [2.24, 2.45) is 0 Å². The Bertz CT molecular complexity index is 748. The van der Waals surface area contributed by atoms with E-state index in [-0.39, 0.29) is 11.9 Å². The zero-order valence-corrected chi connectivity index (χ0v) is 13.0. The molecule has 0 radical (unpaired) electrons. The van der Waals surface area contributed by atoms with Gasteiger partial charge in [-0.1, -0.05) is 30.3 Å². The van der Waals surface area contributed by atoms with Crippen LogP contribution in [0.3, 0.4) is 0 Å². The number of nitrogens with one attached hydrogen (secondary N) is 2. The van der Waals surface area contributed by atoms with Gasteiger partial charge in [-0.25, -0.2) is 0 Å². The molecule has 2 aromatic heterocycles. The summed E-state index contributed by atoms with van der Waals surface area (Å²) in [5.74, 6) is 0.809. The lowest BCUT2D eigenvalue weighted by atomic mass is 10.1. The second-order valence-corrected chi connectivity index (χ2v) is 5.52. The minimum atomic E-state index is -0.121. The number of hydrogen-bond donors (Lipinski definition) is 2. The number of benzene rings is 1. The quantitative estimate of drug-likeness (QED) is 0.733. The van der Waals surface area contributed by atoms with Crippen LogP contribution in [0.5, 0.6) is 0 Å². The summed E-state index contributed by atoms with van der Waals surface area (Å²) < 4.78 is 5.31. The average Bonchev–Trinajstić information content (AvgIpc) is 3.25. The molecule has 118 valence electrons. The third kappa shape index (κ3) is 3.69. The lowest BCUT2D eigenvalue weighted by molar-refractivity contribution is 0.0939. The molecule has 5 heteroatoms. The number of hydrogen-bond acceptors (Lipinski definition) is 3. The van der Waals surface area contributed by atoms with Crippen molar-refractivity contribution < 1.29 is 9.21 Å². The van der Waals surface area contributed by atoms with Crippen LogP contribution < -0.4 is 5.32 Å². The number of amides is 1. The molecular weight excluding hydrogens is 290 g/mol. The van der Waals surface area contributed by atoms with Gasteiger partial charge in [0.15, 0.2) is 0 Å². The smallest absolute Gasteiger partial charge is 0.255 e. The first-order valence-corrected chi connectivity index (χ1v) is 7.66. The summed E-state index contributed by atoms with van der Waals surface area (Å²) in [6.45, 7) is 1.99. The minimum absolute atomic E-state index is 0.0473. The third-order valence-electron chi connectivity index (χ3n) is 3.73. The molecule has 0 aliphatic heterocycles. The third-order valence-corrected chi connectivity index (χ3v) is 3.73. The largest absolute Gasteiger partial charge is 0.469 e. The number of nitrogens with zero attached hydrogens (tertiary/aromatic N) is 1. The summed E-state index contributed by atoms with van der Waals surface area (Å²) in [7, 11) is 0. The van der Waals surface area contributed by atoms with Crippen LogP contribution in [0.2, 0.25) is 0 Å². The van der Waals surface area contributed by atoms with Gasteiger partial charge in [-0.05, 0) is 25.5 Å². The molecule has 0 fully saturated rings. The highest BCUT2D eigenvalue weighted by atomic mass is 16.3. The molecule has 1 amide bonds. The number of aromatic amines is 1. The Morgan fingerprint density at radius 2 is 2.09 bits per heavy atom. The molecule has 1 atom stereocenters. The maximum absolute atomic E-state index is 12.5. The van der Waals surface area contributed by atoms with E-state index in [0.29, 0.717) is 5.56 Å². The molecule has 2 N–H and O–H groups in total. The van der Waals surface area contributed by atoms with Gasteiger partial charge in [-0.2, -0.15) is 5.10 Å². The van der Waals surface area contributed by atoms with E-state index in [0.717, 1.165) is 29.9 Å². The van der Waals surface area contributed by atoms with Crippen molar-refractivity contribution in [3.8, 4) is 11.3 Å². The van der Waals surface area contributed by atoms with Gasteiger partial charge in [0.1, 0.15) is 5.76 Å². The summed E-state index contributed by atoms with van der Waals surface area (Å²) in [5, 5.41) is 9.93. The monoisotopic (exact) mass is 309 g/mol. The van der Waals surface area contributed by atoms with Gasteiger partial charge >= 0.3 is 0 Å². The van der Waals surface area contributed by atoms with E-state index in [1.165, 1.54) is 0 Å². The molecule has 0 aliphatic carbocycles. The predicted molar refractivity (Wildman–Crippen MR) is 88.0 cm³/mol. The number of carbonyl (C=O) groups is 1. The minimum Gasteiger partial charge on any atom is -0.469 e. The number of furan rings is 1. The maximum Gasteiger partial charge on any atom is 0.255 e. The van der Waals surface area contributed by atoms with E-state index in [1.807, 2.05) is 49.4 Å². The molecule has 0 bridgehead atoms. The summed E-state index contributed by atoms with van der Waals surface area (Å²) >= 11 is 0. The van der Waals surface area contributed by atoms with Crippen molar-refractivity contribution in [2.45, 2.75) is 25.8 Å². The molecule has 0 unspecified atom stereocenters. The first-order valence-electron chi connectivity index (χ1n) is 7.66. The van der Waals surface area contributed by atoms with Gasteiger partial charge in [-0.3, -0.25) is 9.89 Å². The molecule has 0 spiro atoms. The van der Waals surface area contributed by atoms with Crippen LogP contribution in [0.1, 0.15) is 29.5 Å². The summed E-state index contributed by atoms with van der Waals surface area (Å²) in [6, 6.07) is 13.6. The Hall–Kier alpha value is -2.82. The predicted octanol–water partition coefficient (Wildman–Crippen LogP) is 3.42. The molecule has 0 aliphatic rings. The Morgan fingerprint density at radius 3 is 2.83 bits per heavy atom. The lowest BCUT2D eigenvalue weighted by Gasteiger charge is -2.13. The number of H-pyrrole nitrogens is 1. The molecule has 5 nitrogen and oxygen atoms in total. The van der Waals surface area contributed by atoms with Gasteiger partial charge in [0.05, 0.1) is 23.7 Å². The SMILES string of the molecule is C[C@@H](CCc1ccco1)NC(=O)c1cn[nH]c1-c1ccccc1. The average molecular weight is 309 g/mol. The maximum atomic E-state index is 12.5. The van der Waals surface area contributed by atoms with Crippen molar-refractivity contribution in [2.75, 3.05) is 0 Å². The van der Waals surface area contributed by atoms with Crippen LogP contribution in [-0.4, -0.2) is 22.1 Å². The molecule has 2 heterocycles. The second kappa shape index (κ2) is 6.96. The van der Waals surface area contributed by atoms with Gasteiger partial charge in [0.2, 0.25) is 0 Å². The van der Waals surface area contributed by atoms with Crippen molar-refractivity contribution in [1.29, 1.82) is 0 Å². The molecule has 0 saturated carbocycles. The standard InChI is InChI=1S/C18H19N3O2/c1-13(9-10-15-8-5-11-23-15)20-18(22)16-12-19-21-17(16)14-6-3-2-4-7-14/h2-8,11-13H,9-10H2,1H3,(H,19,21)(H,20,22)/t13-/m0/s1. The number of aromatic nitrogens is 2. The fourth-order valence-electron chi connectivity index (χ4n) is 2.47. The summed E-state index contributed by atoms with van der Waals surface area (Å²) in [6.07, 6.45) is 4.84. The zero-order valence-electron chi connectivity index (χ0n) is 13.0. The van der Waals surface area contributed by atoms with Crippen LogP contribution in [0.25, 0.3) is 11.3 Å². The zero-order chi connectivity index (χ0) is 16.1. The molecule has 0 saturated heterocycles. The highest BCUT2D eigenvalue weighted by Gasteiger charge is 2.17. The van der Waals surface area contributed by atoms with Crippen molar-refractivity contribution >= 4 is 5.91 Å². The van der Waals surface area contributed by atoms with Crippen LogP contribution in [0.15, 0.2) is 59.3 Å². The Kier molecular flexibility index (Phi) is 4.57. The second-order valence-electron chi connectivity index (χ2n) is 5.52. The molecule has 3 aromatic rings. The van der Waals surface area contributed by atoms with Crippen LogP contribution >= 0.6 is 0 Å². The van der Waals surface area contributed by atoms with E-state index >= 15 is 0 Å². The Balaban J connectivity index is 1.63. The molecular formula is C18H19N3O2. The summed E-state index contributed by atoms with van der Waals surface area (Å²) in [4.78, 5) is 12.5. The van der Waals surface area contributed by atoms with Gasteiger partial charge in [0, 0.05) is 18.0 Å². The summed E-state index contributed by atoms with van der Waals surface area (Å²) in [5.41, 5.74) is 2.24. The highest BCUT2D eigenvalue weighted by Crippen LogP contribution is 2.20. The highest BCUT2D eigenvalue weighted by molar-refractivity contribution is 5.99. The molecule has 3 rings (SSSR count). The van der Waals surface area contributed by atoms with E-state index in [4.69, 9.17) is 4.42 Å². The number of carbonyl (C=O) groups excluding carboxylic acids is 1. The van der Waals surface area contributed by atoms with Gasteiger partial charge in [-0.15, -0.1) is 0 Å². The van der Waals surface area contributed by atoms with Crippen molar-refractivity contribution in [1.82, 2.24) is 15.5 Å². The Morgan fingerprint density at radius 1 is 1.26 bits per heavy atom. The van der Waals surface area contributed by atoms with Gasteiger partial charge < -0.3 is 9.73 Å². The fourth-order valence-corrected chi connectivity index (χ4v) is 2.47. The van der Waals surface area contributed by atoms with Crippen molar-refractivity contribution in [3.63, 3.8) is 0 Å². The van der Waals surface area contributed by atoms with Crippen LogP contribution in [-0.2, 0) is 6.42 Å².